The summed E-state index contributed by atoms with van der Waals surface area (Å²) in [5, 5.41) is 9.72. The van der Waals surface area contributed by atoms with Crippen molar-refractivity contribution >= 4 is 44.9 Å². The highest BCUT2D eigenvalue weighted by Gasteiger charge is 2.34. The highest BCUT2D eigenvalue weighted by molar-refractivity contribution is 9.10. The number of carbonyl (C=O) groups excluding carboxylic acids is 2. The lowest BCUT2D eigenvalue weighted by Gasteiger charge is -2.09. The smallest absolute Gasteiger partial charge is 0.293 e. The van der Waals surface area contributed by atoms with Crippen LogP contribution >= 0.6 is 27.7 Å². The van der Waals surface area contributed by atoms with Gasteiger partial charge in [-0.05, 0) is 30.0 Å². The Balaban J connectivity index is 2.41. The number of methoxy groups -OCH3 is 1. The van der Waals surface area contributed by atoms with Gasteiger partial charge in [-0.1, -0.05) is 22.0 Å². The number of phenols is 1. The van der Waals surface area contributed by atoms with E-state index in [2.05, 4.69) is 22.5 Å². The van der Waals surface area contributed by atoms with Gasteiger partial charge in [0.05, 0.1) is 12.0 Å². The average Bonchev–Trinajstić information content (AvgIpc) is 2.70. The Hall–Kier alpha value is -1.73. The number of amides is 2. The number of nitrogens with zero attached hydrogens (tertiary/aromatic N) is 1. The van der Waals surface area contributed by atoms with E-state index in [-0.39, 0.29) is 28.2 Å². The number of ether oxygens (including phenoxy) is 1. The van der Waals surface area contributed by atoms with E-state index in [0.717, 1.165) is 16.7 Å². The molecule has 21 heavy (non-hydrogen) atoms. The van der Waals surface area contributed by atoms with Crippen molar-refractivity contribution in [2.24, 2.45) is 0 Å². The first-order valence-corrected chi connectivity index (χ1v) is 7.51. The predicted molar refractivity (Wildman–Crippen MR) is 85.2 cm³/mol. The molecule has 110 valence electrons. The molecule has 1 saturated heterocycles. The van der Waals surface area contributed by atoms with Gasteiger partial charge in [0, 0.05) is 16.6 Å². The molecule has 1 aliphatic rings. The zero-order valence-electron chi connectivity index (χ0n) is 11.1. The quantitative estimate of drug-likeness (QED) is 0.650. The summed E-state index contributed by atoms with van der Waals surface area (Å²) in [5.41, 5.74) is 0.394. The summed E-state index contributed by atoms with van der Waals surface area (Å²) in [6, 6.07) is 3.25. The second-order valence-corrected chi connectivity index (χ2v) is 6.04. The van der Waals surface area contributed by atoms with Gasteiger partial charge in [-0.3, -0.25) is 14.5 Å². The molecule has 0 atom stereocenters. The van der Waals surface area contributed by atoms with Crippen molar-refractivity contribution in [3.8, 4) is 11.5 Å². The minimum atomic E-state index is -0.400. The first-order chi connectivity index (χ1) is 9.97. The van der Waals surface area contributed by atoms with Gasteiger partial charge >= 0.3 is 0 Å². The van der Waals surface area contributed by atoms with Gasteiger partial charge in [0.1, 0.15) is 0 Å². The van der Waals surface area contributed by atoms with Crippen molar-refractivity contribution in [2.45, 2.75) is 0 Å². The molecular weight excluding hydrogens is 358 g/mol. The van der Waals surface area contributed by atoms with Crippen LogP contribution in [0.15, 0.2) is 34.2 Å². The normalized spacial score (nSPS) is 16.7. The summed E-state index contributed by atoms with van der Waals surface area (Å²) in [6.45, 7) is 3.68. The van der Waals surface area contributed by atoms with E-state index in [1.165, 1.54) is 19.3 Å². The third-order valence-corrected chi connectivity index (χ3v) is 4.13. The number of thioether (sulfide) groups is 1. The monoisotopic (exact) mass is 369 g/mol. The minimum absolute atomic E-state index is 0.0868. The molecule has 2 rings (SSSR count). The fourth-order valence-electron chi connectivity index (χ4n) is 1.79. The number of carbonyl (C=O) groups is 2. The van der Waals surface area contributed by atoms with Crippen LogP contribution in [0.5, 0.6) is 11.5 Å². The standard InChI is InChI=1S/C14H12BrNO4S/c1-3-4-16-13(18)11(21-14(16)19)6-8-5-9(15)7-10(20-2)12(8)17/h3,5-7,17H,1,4H2,2H3/b11-6+. The number of halogens is 1. The molecule has 0 aromatic heterocycles. The molecule has 0 unspecified atom stereocenters. The number of hydrogen-bond acceptors (Lipinski definition) is 5. The number of rotatable bonds is 4. The topological polar surface area (TPSA) is 66.8 Å². The van der Waals surface area contributed by atoms with Crippen molar-refractivity contribution in [3.63, 3.8) is 0 Å². The summed E-state index contributed by atoms with van der Waals surface area (Å²) >= 11 is 4.13. The maximum Gasteiger partial charge on any atom is 0.293 e. The third-order valence-electron chi connectivity index (χ3n) is 2.76. The van der Waals surface area contributed by atoms with Crippen LogP contribution in [-0.2, 0) is 4.79 Å². The lowest BCUT2D eigenvalue weighted by Crippen LogP contribution is -2.27. The molecule has 0 saturated carbocycles. The molecule has 1 N–H and O–H groups in total. The number of imide groups is 1. The highest BCUT2D eigenvalue weighted by atomic mass is 79.9. The third kappa shape index (κ3) is 3.14. The van der Waals surface area contributed by atoms with Crippen molar-refractivity contribution in [1.82, 2.24) is 4.90 Å². The summed E-state index contributed by atoms with van der Waals surface area (Å²) in [5.74, 6) is -0.208. The molecule has 0 aliphatic carbocycles. The van der Waals surface area contributed by atoms with Crippen molar-refractivity contribution in [3.05, 3.63) is 39.7 Å². The summed E-state index contributed by atoms with van der Waals surface area (Å²) in [6.07, 6.45) is 2.95. The Labute approximate surface area is 134 Å². The van der Waals surface area contributed by atoms with Crippen LogP contribution in [0.3, 0.4) is 0 Å². The Bertz CT molecular complexity index is 657. The van der Waals surface area contributed by atoms with Crippen LogP contribution in [0, 0.1) is 0 Å². The number of aromatic hydroxyl groups is 1. The Morgan fingerprint density at radius 3 is 2.81 bits per heavy atom. The molecule has 0 bridgehead atoms. The fraction of sp³-hybridized carbons (Fsp3) is 0.143. The van der Waals surface area contributed by atoms with Crippen LogP contribution in [0.1, 0.15) is 5.56 Å². The molecule has 1 heterocycles. The number of benzene rings is 1. The lowest BCUT2D eigenvalue weighted by atomic mass is 10.1. The fourth-order valence-corrected chi connectivity index (χ4v) is 3.08. The van der Waals surface area contributed by atoms with Crippen LogP contribution in [0.4, 0.5) is 4.79 Å². The summed E-state index contributed by atoms with van der Waals surface area (Å²) in [4.78, 5) is 25.2. The Kier molecular flexibility index (Phi) is 4.74. The zero-order chi connectivity index (χ0) is 15.6. The van der Waals surface area contributed by atoms with Gasteiger partial charge < -0.3 is 9.84 Å². The highest BCUT2D eigenvalue weighted by Crippen LogP contribution is 2.38. The van der Waals surface area contributed by atoms with Crippen molar-refractivity contribution in [1.29, 1.82) is 0 Å². The molecule has 1 aliphatic heterocycles. The Morgan fingerprint density at radius 1 is 1.48 bits per heavy atom. The molecule has 2 amide bonds. The minimum Gasteiger partial charge on any atom is -0.504 e. The van der Waals surface area contributed by atoms with Crippen molar-refractivity contribution < 1.29 is 19.4 Å². The van der Waals surface area contributed by atoms with E-state index in [1.54, 1.807) is 12.1 Å². The predicted octanol–water partition coefficient (Wildman–Crippen LogP) is 3.39. The maximum atomic E-state index is 12.1. The molecule has 1 aromatic rings. The van der Waals surface area contributed by atoms with Gasteiger partial charge in [0.25, 0.3) is 11.1 Å². The largest absolute Gasteiger partial charge is 0.504 e. The molecular formula is C14H12BrNO4S. The zero-order valence-corrected chi connectivity index (χ0v) is 13.5. The molecule has 5 nitrogen and oxygen atoms in total. The molecule has 0 spiro atoms. The van der Waals surface area contributed by atoms with E-state index in [4.69, 9.17) is 4.74 Å². The van der Waals surface area contributed by atoms with E-state index in [0.29, 0.717) is 10.0 Å². The first-order valence-electron chi connectivity index (χ1n) is 5.90. The van der Waals surface area contributed by atoms with Crippen LogP contribution in [-0.4, -0.2) is 34.8 Å². The maximum absolute atomic E-state index is 12.1. The summed E-state index contributed by atoms with van der Waals surface area (Å²) in [7, 11) is 1.43. The van der Waals surface area contributed by atoms with Crippen LogP contribution < -0.4 is 4.74 Å². The van der Waals surface area contributed by atoms with Gasteiger partial charge in [-0.25, -0.2) is 0 Å². The number of phenolic OH excluding ortho intramolecular Hbond substituents is 1. The van der Waals surface area contributed by atoms with E-state index in [9.17, 15) is 14.7 Å². The van der Waals surface area contributed by atoms with E-state index >= 15 is 0 Å². The average molecular weight is 370 g/mol. The summed E-state index contributed by atoms with van der Waals surface area (Å²) < 4.78 is 5.74. The van der Waals surface area contributed by atoms with Gasteiger partial charge in [-0.2, -0.15) is 0 Å². The SMILES string of the molecule is C=CCN1C(=O)S/C(=C/c2cc(Br)cc(OC)c2O)C1=O. The van der Waals surface area contributed by atoms with Gasteiger partial charge in [0.2, 0.25) is 0 Å². The van der Waals surface area contributed by atoms with Crippen molar-refractivity contribution in [2.75, 3.05) is 13.7 Å². The van der Waals surface area contributed by atoms with Gasteiger partial charge in [-0.15, -0.1) is 6.58 Å². The first kappa shape index (κ1) is 15.7. The molecule has 0 radical (unpaired) electrons. The lowest BCUT2D eigenvalue weighted by molar-refractivity contribution is -0.122. The molecule has 7 heteroatoms. The second kappa shape index (κ2) is 6.36. The van der Waals surface area contributed by atoms with Crippen LogP contribution in [0.25, 0.3) is 6.08 Å². The Morgan fingerprint density at radius 2 is 2.19 bits per heavy atom. The molecule has 1 aromatic carbocycles. The molecule has 1 fully saturated rings. The van der Waals surface area contributed by atoms with E-state index < -0.39 is 5.91 Å². The second-order valence-electron chi connectivity index (χ2n) is 4.13. The van der Waals surface area contributed by atoms with Gasteiger partial charge in [0.15, 0.2) is 11.5 Å². The van der Waals surface area contributed by atoms with E-state index in [1.807, 2.05) is 0 Å². The van der Waals surface area contributed by atoms with Crippen LogP contribution in [0.2, 0.25) is 0 Å². The number of hydrogen-bond donors (Lipinski definition) is 1.